The molecule has 224 valence electrons. The average Bonchev–Trinajstić information content (AvgIpc) is 2.95. The fourth-order valence-corrected chi connectivity index (χ4v) is 4.59. The zero-order valence-electron chi connectivity index (χ0n) is 23.3. The second-order valence-corrected chi connectivity index (χ2v) is 10.7. The number of unbranched alkanes of at least 4 members (excludes halogenated alkanes) is 1. The van der Waals surface area contributed by atoms with Crippen LogP contribution in [0.2, 0.25) is 0 Å². The molecule has 0 aliphatic heterocycles. The number of carbonyl (C=O) groups excluding carboxylic acids is 3. The molecule has 0 aromatic heterocycles. The van der Waals surface area contributed by atoms with E-state index >= 15 is 0 Å². The Bertz CT molecular complexity index is 1120. The molecule has 0 aliphatic rings. The Kier molecular flexibility index (Phi) is 14.7. The lowest BCUT2D eigenvalue weighted by Crippen LogP contribution is -2.57. The first-order valence-electron chi connectivity index (χ1n) is 13.5. The standard InChI is InChI=1S/C29H41N5O6S/c1-41-16-14-24(28(38)34-25(29(39)40)18-20-10-12-21(35)13-11-20)33-27(37)23(9-5-6-15-30)32-26(36)22(31)17-19-7-3-2-4-8-19/h2-4,7-8,10-13,22-25,35H,5-6,9,14-18,30-31H2,1H3,(H,32,36)(H,33,37)(H,34,38)(H,39,40). The van der Waals surface area contributed by atoms with Crippen molar-refractivity contribution in [3.05, 3.63) is 65.7 Å². The van der Waals surface area contributed by atoms with Crippen LogP contribution in [0, 0.1) is 0 Å². The van der Waals surface area contributed by atoms with E-state index in [4.69, 9.17) is 11.5 Å². The summed E-state index contributed by atoms with van der Waals surface area (Å²) in [6.07, 6.45) is 3.89. The van der Waals surface area contributed by atoms with Crippen LogP contribution in [0.1, 0.15) is 36.8 Å². The number of nitrogens with two attached hydrogens (primary N) is 2. The minimum Gasteiger partial charge on any atom is -0.508 e. The van der Waals surface area contributed by atoms with Gasteiger partial charge in [0.1, 0.15) is 23.9 Å². The van der Waals surface area contributed by atoms with Gasteiger partial charge >= 0.3 is 5.97 Å². The summed E-state index contributed by atoms with van der Waals surface area (Å²) in [7, 11) is 0. The van der Waals surface area contributed by atoms with Crippen molar-refractivity contribution in [1.82, 2.24) is 16.0 Å². The SMILES string of the molecule is CSCCC(NC(=O)C(CCCCN)NC(=O)C(N)Cc1ccccc1)C(=O)NC(Cc1ccc(O)cc1)C(=O)O. The van der Waals surface area contributed by atoms with Crippen LogP contribution in [0.15, 0.2) is 54.6 Å². The van der Waals surface area contributed by atoms with Crippen LogP contribution in [-0.4, -0.2) is 76.6 Å². The van der Waals surface area contributed by atoms with Crippen molar-refractivity contribution in [2.45, 2.75) is 62.7 Å². The molecule has 3 amide bonds. The number of benzene rings is 2. The number of carbonyl (C=O) groups is 4. The van der Waals surface area contributed by atoms with E-state index in [1.54, 1.807) is 12.1 Å². The molecule has 41 heavy (non-hydrogen) atoms. The van der Waals surface area contributed by atoms with Crippen LogP contribution in [0.5, 0.6) is 5.75 Å². The van der Waals surface area contributed by atoms with Gasteiger partial charge < -0.3 is 37.6 Å². The molecule has 9 N–H and O–H groups in total. The predicted molar refractivity (Wildman–Crippen MR) is 159 cm³/mol. The summed E-state index contributed by atoms with van der Waals surface area (Å²) < 4.78 is 0. The van der Waals surface area contributed by atoms with Gasteiger partial charge in [-0.3, -0.25) is 14.4 Å². The molecule has 4 atom stereocenters. The number of phenols is 1. The van der Waals surface area contributed by atoms with Gasteiger partial charge in [0.05, 0.1) is 6.04 Å². The summed E-state index contributed by atoms with van der Waals surface area (Å²) in [5.41, 5.74) is 13.2. The Hall–Kier alpha value is -3.61. The maximum atomic E-state index is 13.3. The molecule has 11 nitrogen and oxygen atoms in total. The number of rotatable bonds is 18. The molecule has 0 radical (unpaired) electrons. The first-order valence-corrected chi connectivity index (χ1v) is 14.9. The van der Waals surface area contributed by atoms with E-state index in [9.17, 15) is 29.4 Å². The second kappa shape index (κ2) is 17.9. The molecule has 0 heterocycles. The van der Waals surface area contributed by atoms with Crippen molar-refractivity contribution in [2.24, 2.45) is 11.5 Å². The van der Waals surface area contributed by atoms with E-state index in [0.29, 0.717) is 43.5 Å². The molecular formula is C29H41N5O6S. The maximum absolute atomic E-state index is 13.3. The summed E-state index contributed by atoms with van der Waals surface area (Å²) in [4.78, 5) is 51.4. The van der Waals surface area contributed by atoms with Gasteiger partial charge in [-0.2, -0.15) is 11.8 Å². The van der Waals surface area contributed by atoms with Crippen LogP contribution in [0.4, 0.5) is 0 Å². The Morgan fingerprint density at radius 3 is 1.93 bits per heavy atom. The molecule has 0 fully saturated rings. The van der Waals surface area contributed by atoms with Crippen molar-refractivity contribution in [3.63, 3.8) is 0 Å². The van der Waals surface area contributed by atoms with Gasteiger partial charge in [0.25, 0.3) is 0 Å². The lowest BCUT2D eigenvalue weighted by Gasteiger charge is -2.25. The fourth-order valence-electron chi connectivity index (χ4n) is 4.12. The van der Waals surface area contributed by atoms with Crippen LogP contribution in [0.3, 0.4) is 0 Å². The van der Waals surface area contributed by atoms with E-state index in [2.05, 4.69) is 16.0 Å². The maximum Gasteiger partial charge on any atom is 0.326 e. The number of amides is 3. The van der Waals surface area contributed by atoms with Gasteiger partial charge in [-0.05, 0) is 73.9 Å². The van der Waals surface area contributed by atoms with Gasteiger partial charge in [0.2, 0.25) is 17.7 Å². The number of carboxylic acids is 1. The number of aliphatic carboxylic acids is 1. The zero-order chi connectivity index (χ0) is 30.2. The highest BCUT2D eigenvalue weighted by atomic mass is 32.2. The Balaban J connectivity index is 2.12. The van der Waals surface area contributed by atoms with Crippen LogP contribution < -0.4 is 27.4 Å². The van der Waals surface area contributed by atoms with Gasteiger partial charge in [0, 0.05) is 6.42 Å². The highest BCUT2D eigenvalue weighted by Crippen LogP contribution is 2.12. The highest BCUT2D eigenvalue weighted by Gasteiger charge is 2.30. The molecule has 12 heteroatoms. The third-order valence-electron chi connectivity index (χ3n) is 6.45. The van der Waals surface area contributed by atoms with Crippen molar-refractivity contribution >= 4 is 35.5 Å². The largest absolute Gasteiger partial charge is 0.508 e. The molecule has 0 aliphatic carbocycles. The monoisotopic (exact) mass is 587 g/mol. The highest BCUT2D eigenvalue weighted by molar-refractivity contribution is 7.98. The van der Waals surface area contributed by atoms with Crippen molar-refractivity contribution in [2.75, 3.05) is 18.6 Å². The molecule has 2 aromatic rings. The molecule has 0 bridgehead atoms. The Morgan fingerprint density at radius 1 is 0.780 bits per heavy atom. The first-order chi connectivity index (χ1) is 19.6. The van der Waals surface area contributed by atoms with Crippen molar-refractivity contribution < 1.29 is 29.4 Å². The Labute approximate surface area is 244 Å². The topological polar surface area (TPSA) is 197 Å². The molecule has 2 aromatic carbocycles. The zero-order valence-corrected chi connectivity index (χ0v) is 24.1. The predicted octanol–water partition coefficient (Wildman–Crippen LogP) is 0.926. The van der Waals surface area contributed by atoms with Crippen LogP contribution in [-0.2, 0) is 32.0 Å². The fraction of sp³-hybridized carbons (Fsp3) is 0.448. The van der Waals surface area contributed by atoms with Gasteiger partial charge in [-0.1, -0.05) is 42.5 Å². The number of phenolic OH excluding ortho intramolecular Hbond substituents is 1. The number of carboxylic acid groups (broad SMARTS) is 1. The van der Waals surface area contributed by atoms with Crippen LogP contribution in [0.25, 0.3) is 0 Å². The summed E-state index contributed by atoms with van der Waals surface area (Å²) in [6, 6.07) is 11.2. The van der Waals surface area contributed by atoms with Gasteiger partial charge in [-0.15, -0.1) is 0 Å². The molecule has 2 rings (SSSR count). The minimum atomic E-state index is -1.25. The van der Waals surface area contributed by atoms with Gasteiger partial charge in [0.15, 0.2) is 0 Å². The van der Waals surface area contributed by atoms with E-state index in [-0.39, 0.29) is 18.6 Å². The van der Waals surface area contributed by atoms with E-state index in [1.807, 2.05) is 36.6 Å². The molecular weight excluding hydrogens is 546 g/mol. The summed E-state index contributed by atoms with van der Waals surface area (Å²) >= 11 is 1.47. The first kappa shape index (κ1) is 33.6. The quantitative estimate of drug-likeness (QED) is 0.124. The van der Waals surface area contributed by atoms with Crippen molar-refractivity contribution in [3.8, 4) is 5.75 Å². The summed E-state index contributed by atoms with van der Waals surface area (Å²) in [5, 5.41) is 27.2. The van der Waals surface area contributed by atoms with Crippen molar-refractivity contribution in [1.29, 1.82) is 0 Å². The molecule has 4 unspecified atom stereocenters. The third kappa shape index (κ3) is 12.2. The third-order valence-corrected chi connectivity index (χ3v) is 7.09. The minimum absolute atomic E-state index is 0.0123. The Morgan fingerprint density at radius 2 is 1.34 bits per heavy atom. The van der Waals surface area contributed by atoms with Gasteiger partial charge in [-0.25, -0.2) is 4.79 Å². The smallest absolute Gasteiger partial charge is 0.326 e. The number of thioether (sulfide) groups is 1. The summed E-state index contributed by atoms with van der Waals surface area (Å²) in [5.74, 6) is -2.37. The lowest BCUT2D eigenvalue weighted by atomic mass is 10.0. The summed E-state index contributed by atoms with van der Waals surface area (Å²) in [6.45, 7) is 0.423. The van der Waals surface area contributed by atoms with E-state index < -0.39 is 47.9 Å². The second-order valence-electron chi connectivity index (χ2n) is 9.75. The number of hydrogen-bond donors (Lipinski definition) is 7. The molecule has 0 saturated heterocycles. The van der Waals surface area contributed by atoms with Crippen LogP contribution >= 0.6 is 11.8 Å². The van der Waals surface area contributed by atoms with E-state index in [0.717, 1.165) is 5.56 Å². The number of hydrogen-bond acceptors (Lipinski definition) is 8. The number of aromatic hydroxyl groups is 1. The number of nitrogens with one attached hydrogen (secondary N) is 3. The molecule has 0 saturated carbocycles. The normalized spacial score (nSPS) is 13.8. The molecule has 0 spiro atoms. The lowest BCUT2D eigenvalue weighted by molar-refractivity contribution is -0.142. The average molecular weight is 588 g/mol. The van der Waals surface area contributed by atoms with E-state index in [1.165, 1.54) is 23.9 Å².